The summed E-state index contributed by atoms with van der Waals surface area (Å²) in [5, 5.41) is 3.54. The highest BCUT2D eigenvalue weighted by atomic mass is 15.0. The molecule has 1 aliphatic heterocycles. The lowest BCUT2D eigenvalue weighted by Gasteiger charge is -2.39. The predicted molar refractivity (Wildman–Crippen MR) is 52.1 cm³/mol. The molecule has 2 aliphatic rings. The summed E-state index contributed by atoms with van der Waals surface area (Å²) < 4.78 is 0. The normalized spacial score (nSPS) is 34.2. The Labute approximate surface area is 75.9 Å². The third-order valence-electron chi connectivity index (χ3n) is 3.89. The maximum atomic E-state index is 3.54. The van der Waals surface area contributed by atoms with E-state index in [-0.39, 0.29) is 0 Å². The fourth-order valence-corrected chi connectivity index (χ4v) is 2.75. The molecule has 0 bridgehead atoms. The molecule has 2 rings (SSSR count). The molecule has 2 fully saturated rings. The van der Waals surface area contributed by atoms with Gasteiger partial charge in [-0.25, -0.2) is 0 Å². The second kappa shape index (κ2) is 3.78. The molecule has 0 aromatic rings. The van der Waals surface area contributed by atoms with E-state index in [9.17, 15) is 0 Å². The van der Waals surface area contributed by atoms with Crippen LogP contribution in [0.4, 0.5) is 0 Å². The molecule has 1 heterocycles. The lowest BCUT2D eigenvalue weighted by Crippen LogP contribution is -2.49. The summed E-state index contributed by atoms with van der Waals surface area (Å²) in [5.74, 6) is 1.98. The zero-order valence-electron chi connectivity index (χ0n) is 8.18. The van der Waals surface area contributed by atoms with E-state index in [1.54, 1.807) is 0 Å². The summed E-state index contributed by atoms with van der Waals surface area (Å²) in [4.78, 5) is 0. The van der Waals surface area contributed by atoms with E-state index in [1.807, 2.05) is 0 Å². The van der Waals surface area contributed by atoms with Crippen LogP contribution in [0, 0.1) is 11.8 Å². The molecular weight excluding hydrogens is 146 g/mol. The third kappa shape index (κ3) is 1.66. The molecule has 1 saturated carbocycles. The average Bonchev–Trinajstić information content (AvgIpc) is 2.03. The Morgan fingerprint density at radius 1 is 1.08 bits per heavy atom. The number of nitrogens with one attached hydrogen (secondary N) is 1. The molecule has 70 valence electrons. The van der Waals surface area contributed by atoms with E-state index in [0.717, 1.165) is 17.9 Å². The van der Waals surface area contributed by atoms with Crippen molar-refractivity contribution in [3.05, 3.63) is 0 Å². The quantitative estimate of drug-likeness (QED) is 0.666. The summed E-state index contributed by atoms with van der Waals surface area (Å²) in [6.07, 6.45) is 8.89. The summed E-state index contributed by atoms with van der Waals surface area (Å²) in [6.45, 7) is 3.72. The van der Waals surface area contributed by atoms with Gasteiger partial charge in [-0.2, -0.15) is 0 Å². The van der Waals surface area contributed by atoms with Gasteiger partial charge >= 0.3 is 0 Å². The Morgan fingerprint density at radius 2 is 1.75 bits per heavy atom. The molecule has 1 nitrogen and oxygen atoms in total. The van der Waals surface area contributed by atoms with Crippen LogP contribution >= 0.6 is 0 Å². The molecule has 0 aromatic heterocycles. The van der Waals surface area contributed by atoms with Gasteiger partial charge in [-0.3, -0.25) is 0 Å². The van der Waals surface area contributed by atoms with Crippen molar-refractivity contribution < 1.29 is 0 Å². The summed E-state index contributed by atoms with van der Waals surface area (Å²) in [6, 6.07) is 0.869. The van der Waals surface area contributed by atoms with Gasteiger partial charge in [0, 0.05) is 6.04 Å². The van der Waals surface area contributed by atoms with Gasteiger partial charge in [0.05, 0.1) is 0 Å². The van der Waals surface area contributed by atoms with E-state index in [4.69, 9.17) is 0 Å². The van der Waals surface area contributed by atoms with Crippen LogP contribution < -0.4 is 5.32 Å². The molecule has 0 aromatic carbocycles. The molecule has 0 spiro atoms. The van der Waals surface area contributed by atoms with E-state index < -0.39 is 0 Å². The van der Waals surface area contributed by atoms with Crippen LogP contribution in [0.15, 0.2) is 0 Å². The Hall–Kier alpha value is -0.0400. The fourth-order valence-electron chi connectivity index (χ4n) is 2.75. The van der Waals surface area contributed by atoms with Crippen LogP contribution in [-0.2, 0) is 0 Å². The van der Waals surface area contributed by atoms with E-state index in [2.05, 4.69) is 12.2 Å². The number of hydrogen-bond donors (Lipinski definition) is 1. The monoisotopic (exact) mass is 167 g/mol. The lowest BCUT2D eigenvalue weighted by atomic mass is 9.75. The number of rotatable bonds is 2. The Morgan fingerprint density at radius 3 is 2.25 bits per heavy atom. The van der Waals surface area contributed by atoms with Crippen molar-refractivity contribution in [1.29, 1.82) is 0 Å². The molecule has 1 saturated heterocycles. The van der Waals surface area contributed by atoms with Crippen molar-refractivity contribution >= 4 is 0 Å². The standard InChI is InChI=1S/C11H21N/c1-9(11-7-8-12-11)10-5-3-2-4-6-10/h9-12H,2-8H2,1H3. The van der Waals surface area contributed by atoms with Crippen molar-refractivity contribution in [2.24, 2.45) is 11.8 Å². The highest BCUT2D eigenvalue weighted by Crippen LogP contribution is 2.33. The largest absolute Gasteiger partial charge is 0.314 e. The maximum absolute atomic E-state index is 3.54. The predicted octanol–water partition coefficient (Wildman–Crippen LogP) is 2.56. The smallest absolute Gasteiger partial charge is 0.0107 e. The molecule has 2 unspecified atom stereocenters. The molecule has 0 amide bonds. The minimum Gasteiger partial charge on any atom is -0.314 e. The highest BCUT2D eigenvalue weighted by Gasteiger charge is 2.29. The highest BCUT2D eigenvalue weighted by molar-refractivity contribution is 4.86. The van der Waals surface area contributed by atoms with Crippen LogP contribution in [0.25, 0.3) is 0 Å². The Kier molecular flexibility index (Phi) is 2.69. The zero-order chi connectivity index (χ0) is 8.39. The summed E-state index contributed by atoms with van der Waals surface area (Å²) in [5.41, 5.74) is 0. The molecule has 12 heavy (non-hydrogen) atoms. The van der Waals surface area contributed by atoms with Crippen LogP contribution in [0.2, 0.25) is 0 Å². The SMILES string of the molecule is CC(C1CCCCC1)C1CCN1. The first-order valence-electron chi connectivity index (χ1n) is 5.61. The fraction of sp³-hybridized carbons (Fsp3) is 1.00. The van der Waals surface area contributed by atoms with Crippen LogP contribution in [0.3, 0.4) is 0 Å². The lowest BCUT2D eigenvalue weighted by molar-refractivity contribution is 0.169. The second-order valence-electron chi connectivity index (χ2n) is 4.61. The molecule has 0 radical (unpaired) electrons. The maximum Gasteiger partial charge on any atom is 0.0107 e. The molecule has 1 N–H and O–H groups in total. The molecular formula is C11H21N. The topological polar surface area (TPSA) is 12.0 Å². The van der Waals surface area contributed by atoms with Crippen molar-refractivity contribution in [1.82, 2.24) is 5.32 Å². The zero-order valence-corrected chi connectivity index (χ0v) is 8.18. The van der Waals surface area contributed by atoms with Crippen LogP contribution in [0.5, 0.6) is 0 Å². The van der Waals surface area contributed by atoms with Crippen molar-refractivity contribution in [3.8, 4) is 0 Å². The van der Waals surface area contributed by atoms with Crippen LogP contribution in [0.1, 0.15) is 45.4 Å². The van der Waals surface area contributed by atoms with Crippen LogP contribution in [-0.4, -0.2) is 12.6 Å². The molecule has 2 atom stereocenters. The van der Waals surface area contributed by atoms with Gasteiger partial charge in [0.1, 0.15) is 0 Å². The number of hydrogen-bond acceptors (Lipinski definition) is 1. The van der Waals surface area contributed by atoms with Gasteiger partial charge in [0.2, 0.25) is 0 Å². The van der Waals surface area contributed by atoms with Gasteiger partial charge < -0.3 is 5.32 Å². The average molecular weight is 167 g/mol. The Balaban J connectivity index is 1.80. The first-order chi connectivity index (χ1) is 5.88. The minimum absolute atomic E-state index is 0.869. The van der Waals surface area contributed by atoms with Gasteiger partial charge in [-0.05, 0) is 24.8 Å². The summed E-state index contributed by atoms with van der Waals surface area (Å²) >= 11 is 0. The molecule has 1 heteroatoms. The van der Waals surface area contributed by atoms with Gasteiger partial charge in [-0.15, -0.1) is 0 Å². The van der Waals surface area contributed by atoms with Crippen molar-refractivity contribution in [2.45, 2.75) is 51.5 Å². The van der Waals surface area contributed by atoms with Gasteiger partial charge in [-0.1, -0.05) is 39.0 Å². The first-order valence-corrected chi connectivity index (χ1v) is 5.61. The summed E-state index contributed by atoms with van der Waals surface area (Å²) in [7, 11) is 0. The first kappa shape index (κ1) is 8.55. The molecule has 1 aliphatic carbocycles. The van der Waals surface area contributed by atoms with E-state index >= 15 is 0 Å². The minimum atomic E-state index is 0.869. The second-order valence-corrected chi connectivity index (χ2v) is 4.61. The van der Waals surface area contributed by atoms with Gasteiger partial charge in [0.15, 0.2) is 0 Å². The Bertz CT molecular complexity index is 134. The third-order valence-corrected chi connectivity index (χ3v) is 3.89. The van der Waals surface area contributed by atoms with E-state index in [1.165, 1.54) is 45.1 Å². The van der Waals surface area contributed by atoms with Crippen molar-refractivity contribution in [2.75, 3.05) is 6.54 Å². The van der Waals surface area contributed by atoms with E-state index in [0.29, 0.717) is 0 Å². The van der Waals surface area contributed by atoms with Gasteiger partial charge in [0.25, 0.3) is 0 Å². The van der Waals surface area contributed by atoms with Crippen molar-refractivity contribution in [3.63, 3.8) is 0 Å².